The first-order valence-electron chi connectivity index (χ1n) is 10.3. The van der Waals surface area contributed by atoms with Gasteiger partial charge in [0.1, 0.15) is 0 Å². The van der Waals surface area contributed by atoms with Crippen LogP contribution in [0.2, 0.25) is 5.02 Å². The number of aromatic nitrogens is 2. The quantitative estimate of drug-likeness (QED) is 0.498. The molecule has 0 spiro atoms. The van der Waals surface area contributed by atoms with Crippen molar-refractivity contribution in [1.82, 2.24) is 14.4 Å². The maximum absolute atomic E-state index is 13.0. The summed E-state index contributed by atoms with van der Waals surface area (Å²) in [5.41, 5.74) is 0.724. The largest absolute Gasteiger partial charge is 0.493 e. The van der Waals surface area contributed by atoms with Crippen molar-refractivity contribution in [2.75, 3.05) is 26.8 Å². The van der Waals surface area contributed by atoms with Crippen LogP contribution in [0.15, 0.2) is 51.9 Å². The first kappa shape index (κ1) is 22.6. The van der Waals surface area contributed by atoms with E-state index in [1.807, 2.05) is 13.0 Å². The number of hydrogen-bond donors (Lipinski definition) is 0. The van der Waals surface area contributed by atoms with Gasteiger partial charge in [-0.05, 0) is 62.2 Å². The zero-order chi connectivity index (χ0) is 22.7. The minimum absolute atomic E-state index is 0.184. The average Bonchev–Trinajstić information content (AvgIpc) is 3.30. The number of benzene rings is 2. The standard InChI is InChI=1S/C22H24ClN3O5S/c1-3-30-19-11-6-15(13-20(19)29-2)21-24-22(31-25-21)16-5-4-12-26(14-16)32(27,28)18-9-7-17(23)8-10-18/h6-11,13,16H,3-5,12,14H2,1-2H3/t16-/m0/s1. The summed E-state index contributed by atoms with van der Waals surface area (Å²) in [4.78, 5) is 4.76. The van der Waals surface area contributed by atoms with Crippen LogP contribution in [0.1, 0.15) is 31.6 Å². The van der Waals surface area contributed by atoms with Crippen molar-refractivity contribution in [2.24, 2.45) is 0 Å². The smallest absolute Gasteiger partial charge is 0.243 e. The van der Waals surface area contributed by atoms with Crippen molar-refractivity contribution in [3.63, 3.8) is 0 Å². The van der Waals surface area contributed by atoms with Crippen molar-refractivity contribution in [3.05, 3.63) is 53.4 Å². The summed E-state index contributed by atoms with van der Waals surface area (Å²) in [6, 6.07) is 11.6. The number of halogens is 1. The fourth-order valence-electron chi connectivity index (χ4n) is 3.72. The molecule has 0 aliphatic carbocycles. The zero-order valence-corrected chi connectivity index (χ0v) is 19.4. The summed E-state index contributed by atoms with van der Waals surface area (Å²) in [6.45, 7) is 3.15. The van der Waals surface area contributed by atoms with Crippen molar-refractivity contribution < 1.29 is 22.4 Å². The fourth-order valence-corrected chi connectivity index (χ4v) is 5.37. The highest BCUT2D eigenvalue weighted by atomic mass is 35.5. The minimum atomic E-state index is -3.63. The molecule has 2 aromatic carbocycles. The maximum Gasteiger partial charge on any atom is 0.243 e. The van der Waals surface area contributed by atoms with Gasteiger partial charge in [-0.1, -0.05) is 16.8 Å². The summed E-state index contributed by atoms with van der Waals surface area (Å²) in [6.07, 6.45) is 1.47. The molecule has 0 saturated carbocycles. The van der Waals surface area contributed by atoms with E-state index in [0.717, 1.165) is 12.0 Å². The van der Waals surface area contributed by atoms with Crippen LogP contribution in [0, 0.1) is 0 Å². The maximum atomic E-state index is 13.0. The zero-order valence-electron chi connectivity index (χ0n) is 17.8. The van der Waals surface area contributed by atoms with Gasteiger partial charge in [-0.15, -0.1) is 0 Å². The molecule has 1 aliphatic heterocycles. The van der Waals surface area contributed by atoms with Crippen LogP contribution in [-0.4, -0.2) is 49.7 Å². The molecule has 4 rings (SSSR count). The lowest BCUT2D eigenvalue weighted by atomic mass is 10.00. The Labute approximate surface area is 192 Å². The third kappa shape index (κ3) is 4.60. The summed E-state index contributed by atoms with van der Waals surface area (Å²) in [5.74, 6) is 1.87. The van der Waals surface area contributed by atoms with E-state index in [9.17, 15) is 8.42 Å². The van der Waals surface area contributed by atoms with Crippen LogP contribution < -0.4 is 9.47 Å². The van der Waals surface area contributed by atoms with Crippen LogP contribution in [-0.2, 0) is 10.0 Å². The average molecular weight is 478 g/mol. The second-order valence-corrected chi connectivity index (χ2v) is 9.79. The SMILES string of the molecule is CCOc1ccc(-c2noc([C@H]3CCCN(S(=O)(=O)c4ccc(Cl)cc4)C3)n2)cc1OC. The van der Waals surface area contributed by atoms with E-state index in [1.54, 1.807) is 31.4 Å². The summed E-state index contributed by atoms with van der Waals surface area (Å²) in [5, 5.41) is 4.59. The van der Waals surface area contributed by atoms with Crippen molar-refractivity contribution in [1.29, 1.82) is 0 Å². The molecule has 170 valence electrons. The molecule has 8 nitrogen and oxygen atoms in total. The Morgan fingerprint density at radius 1 is 1.19 bits per heavy atom. The van der Waals surface area contributed by atoms with Gasteiger partial charge in [-0.3, -0.25) is 0 Å². The van der Waals surface area contributed by atoms with Gasteiger partial charge < -0.3 is 14.0 Å². The molecule has 10 heteroatoms. The van der Waals surface area contributed by atoms with Gasteiger partial charge in [0.2, 0.25) is 21.7 Å². The highest BCUT2D eigenvalue weighted by Gasteiger charge is 2.33. The summed E-state index contributed by atoms with van der Waals surface area (Å²) >= 11 is 5.90. The number of sulfonamides is 1. The van der Waals surface area contributed by atoms with Gasteiger partial charge in [-0.25, -0.2) is 8.42 Å². The number of hydrogen-bond acceptors (Lipinski definition) is 7. The second kappa shape index (κ2) is 9.48. The molecule has 0 radical (unpaired) electrons. The van der Waals surface area contributed by atoms with Crippen LogP contribution in [0.5, 0.6) is 11.5 Å². The van der Waals surface area contributed by atoms with Gasteiger partial charge in [-0.2, -0.15) is 9.29 Å². The van der Waals surface area contributed by atoms with Gasteiger partial charge in [0.05, 0.1) is 24.5 Å². The van der Waals surface area contributed by atoms with Crippen LogP contribution in [0.4, 0.5) is 0 Å². The first-order chi connectivity index (χ1) is 15.4. The normalized spacial score (nSPS) is 17.3. The Morgan fingerprint density at radius 3 is 2.69 bits per heavy atom. The molecule has 1 aromatic heterocycles. The molecular formula is C22H24ClN3O5S. The molecule has 0 N–H and O–H groups in total. The minimum Gasteiger partial charge on any atom is -0.493 e. The molecule has 3 aromatic rings. The molecule has 1 atom stereocenters. The molecule has 0 bridgehead atoms. The number of ether oxygens (including phenoxy) is 2. The van der Waals surface area contributed by atoms with Crippen molar-refractivity contribution >= 4 is 21.6 Å². The molecule has 32 heavy (non-hydrogen) atoms. The molecule has 1 aliphatic rings. The third-order valence-electron chi connectivity index (χ3n) is 5.35. The predicted molar refractivity (Wildman–Crippen MR) is 120 cm³/mol. The van der Waals surface area contributed by atoms with E-state index in [-0.39, 0.29) is 17.4 Å². The summed E-state index contributed by atoms with van der Waals surface area (Å²) in [7, 11) is -2.06. The Balaban J connectivity index is 1.54. The van der Waals surface area contributed by atoms with E-state index in [4.69, 9.17) is 25.6 Å². The molecular weight excluding hydrogens is 454 g/mol. The van der Waals surface area contributed by atoms with Gasteiger partial charge in [0.15, 0.2) is 11.5 Å². The first-order valence-corrected chi connectivity index (χ1v) is 12.1. The Bertz CT molecular complexity index is 1180. The van der Waals surface area contributed by atoms with Gasteiger partial charge in [0.25, 0.3) is 0 Å². The van der Waals surface area contributed by atoms with E-state index >= 15 is 0 Å². The lowest BCUT2D eigenvalue weighted by Crippen LogP contribution is -2.39. The van der Waals surface area contributed by atoms with Crippen LogP contribution in [0.3, 0.4) is 0 Å². The molecule has 0 amide bonds. The fraction of sp³-hybridized carbons (Fsp3) is 0.364. The topological polar surface area (TPSA) is 94.8 Å². The lowest BCUT2D eigenvalue weighted by molar-refractivity contribution is 0.265. The Hall–Kier alpha value is -2.62. The van der Waals surface area contributed by atoms with Gasteiger partial charge >= 0.3 is 0 Å². The van der Waals surface area contributed by atoms with Gasteiger partial charge in [0, 0.05) is 23.7 Å². The number of piperidine rings is 1. The monoisotopic (exact) mass is 477 g/mol. The van der Waals surface area contributed by atoms with E-state index < -0.39 is 10.0 Å². The predicted octanol–water partition coefficient (Wildman–Crippen LogP) is 4.37. The van der Waals surface area contributed by atoms with E-state index in [2.05, 4.69) is 10.1 Å². The van der Waals surface area contributed by atoms with Crippen LogP contribution >= 0.6 is 11.6 Å². The highest BCUT2D eigenvalue weighted by Crippen LogP contribution is 2.34. The third-order valence-corrected chi connectivity index (χ3v) is 7.48. The van der Waals surface area contributed by atoms with Crippen LogP contribution in [0.25, 0.3) is 11.4 Å². The van der Waals surface area contributed by atoms with Crippen molar-refractivity contribution in [2.45, 2.75) is 30.6 Å². The number of nitrogens with zero attached hydrogens (tertiary/aromatic N) is 3. The molecule has 1 fully saturated rings. The second-order valence-electron chi connectivity index (χ2n) is 7.41. The molecule has 0 unspecified atom stereocenters. The number of rotatable bonds is 7. The van der Waals surface area contributed by atoms with E-state index in [0.29, 0.717) is 47.8 Å². The molecule has 2 heterocycles. The molecule has 1 saturated heterocycles. The van der Waals surface area contributed by atoms with Crippen molar-refractivity contribution in [3.8, 4) is 22.9 Å². The number of methoxy groups -OCH3 is 1. The Kier molecular flexibility index (Phi) is 6.68. The lowest BCUT2D eigenvalue weighted by Gasteiger charge is -2.30. The Morgan fingerprint density at radius 2 is 1.97 bits per heavy atom. The highest BCUT2D eigenvalue weighted by molar-refractivity contribution is 7.89. The summed E-state index contributed by atoms with van der Waals surface area (Å²) < 4.78 is 44.0. The van der Waals surface area contributed by atoms with E-state index in [1.165, 1.54) is 16.4 Å².